The lowest BCUT2D eigenvalue weighted by Crippen LogP contribution is -2.33. The largest absolute Gasteiger partial charge is 0.486 e. The number of rotatable bonds is 4. The Balaban J connectivity index is 2.28. The van der Waals surface area contributed by atoms with Crippen molar-refractivity contribution in [3.05, 3.63) is 29.3 Å². The van der Waals surface area contributed by atoms with Gasteiger partial charge in [0.25, 0.3) is 0 Å². The van der Waals surface area contributed by atoms with Crippen molar-refractivity contribution in [2.24, 2.45) is 5.92 Å². The Morgan fingerprint density at radius 2 is 2.06 bits per heavy atom. The summed E-state index contributed by atoms with van der Waals surface area (Å²) in [5.74, 6) is -0.0583. The molecule has 0 bridgehead atoms. The highest BCUT2D eigenvalue weighted by atomic mass is 16.5. The molecule has 5 heteroatoms. The molecule has 0 saturated carbocycles. The van der Waals surface area contributed by atoms with Crippen molar-refractivity contribution in [3.63, 3.8) is 0 Å². The molecule has 0 spiro atoms. The first-order valence-electron chi connectivity index (χ1n) is 5.36. The van der Waals surface area contributed by atoms with E-state index < -0.39 is 18.1 Å². The summed E-state index contributed by atoms with van der Waals surface area (Å²) in [5.41, 5.74) is 0.975. The molecule has 2 unspecified atom stereocenters. The lowest BCUT2D eigenvalue weighted by molar-refractivity contribution is -0.0125. The van der Waals surface area contributed by atoms with Crippen molar-refractivity contribution in [2.45, 2.75) is 12.2 Å². The summed E-state index contributed by atoms with van der Waals surface area (Å²) >= 11 is 0. The SMILES string of the molecule is O=Cc1ccc2c(c1)C(O)C(C(CO)CO)O2. The second kappa shape index (κ2) is 4.83. The third-order valence-electron chi connectivity index (χ3n) is 3.00. The van der Waals surface area contributed by atoms with Gasteiger partial charge in [-0.3, -0.25) is 4.79 Å². The van der Waals surface area contributed by atoms with Crippen molar-refractivity contribution in [2.75, 3.05) is 13.2 Å². The van der Waals surface area contributed by atoms with Crippen LogP contribution in [-0.4, -0.2) is 40.9 Å². The zero-order valence-corrected chi connectivity index (χ0v) is 9.11. The Morgan fingerprint density at radius 1 is 1.35 bits per heavy atom. The van der Waals surface area contributed by atoms with Crippen molar-refractivity contribution >= 4 is 6.29 Å². The standard InChI is InChI=1S/C12H14O5/c13-4-7-1-2-10-9(3-7)11(16)12(17-10)8(5-14)6-15/h1-4,8,11-12,14-16H,5-6H2. The van der Waals surface area contributed by atoms with E-state index in [4.69, 9.17) is 14.9 Å². The van der Waals surface area contributed by atoms with Crippen molar-refractivity contribution in [1.29, 1.82) is 0 Å². The van der Waals surface area contributed by atoms with Gasteiger partial charge in [0, 0.05) is 17.0 Å². The fourth-order valence-corrected chi connectivity index (χ4v) is 1.99. The van der Waals surface area contributed by atoms with E-state index in [0.717, 1.165) is 0 Å². The second-order valence-electron chi connectivity index (χ2n) is 4.07. The molecule has 1 aliphatic rings. The van der Waals surface area contributed by atoms with Gasteiger partial charge >= 0.3 is 0 Å². The minimum absolute atomic E-state index is 0.271. The quantitative estimate of drug-likeness (QED) is 0.637. The van der Waals surface area contributed by atoms with Gasteiger partial charge in [0.2, 0.25) is 0 Å². The van der Waals surface area contributed by atoms with Crippen molar-refractivity contribution in [3.8, 4) is 5.75 Å². The molecule has 0 aliphatic carbocycles. The molecule has 5 nitrogen and oxygen atoms in total. The predicted octanol–water partition coefficient (Wildman–Crippen LogP) is -0.106. The second-order valence-corrected chi connectivity index (χ2v) is 4.07. The fraction of sp³-hybridized carbons (Fsp3) is 0.417. The van der Waals surface area contributed by atoms with Crippen LogP contribution in [0.25, 0.3) is 0 Å². The van der Waals surface area contributed by atoms with E-state index in [9.17, 15) is 9.90 Å². The third kappa shape index (κ3) is 2.04. The molecule has 0 amide bonds. The molecular formula is C12H14O5. The molecular weight excluding hydrogens is 224 g/mol. The minimum atomic E-state index is -0.936. The molecule has 1 heterocycles. The molecule has 0 saturated heterocycles. The molecule has 1 aliphatic heterocycles. The number of hydrogen-bond donors (Lipinski definition) is 3. The Kier molecular flexibility index (Phi) is 3.42. The highest BCUT2D eigenvalue weighted by Gasteiger charge is 2.38. The third-order valence-corrected chi connectivity index (χ3v) is 3.00. The topological polar surface area (TPSA) is 87.0 Å². The Morgan fingerprint density at radius 3 is 2.65 bits per heavy atom. The average molecular weight is 238 g/mol. The summed E-state index contributed by atoms with van der Waals surface area (Å²) < 4.78 is 5.48. The fourth-order valence-electron chi connectivity index (χ4n) is 1.99. The number of aliphatic hydroxyl groups is 3. The van der Waals surface area contributed by atoms with Crippen molar-refractivity contribution in [1.82, 2.24) is 0 Å². The van der Waals surface area contributed by atoms with Gasteiger partial charge in [0.1, 0.15) is 24.2 Å². The van der Waals surface area contributed by atoms with Crippen LogP contribution >= 0.6 is 0 Å². The van der Waals surface area contributed by atoms with Crippen LogP contribution in [0.3, 0.4) is 0 Å². The van der Waals surface area contributed by atoms with Gasteiger partial charge in [0.05, 0.1) is 13.2 Å². The Labute approximate surface area is 98.3 Å². The number of ether oxygens (including phenoxy) is 1. The summed E-state index contributed by atoms with van der Waals surface area (Å²) in [6.45, 7) is -0.542. The maximum atomic E-state index is 10.6. The van der Waals surface area contributed by atoms with E-state index >= 15 is 0 Å². The molecule has 92 valence electrons. The van der Waals surface area contributed by atoms with Crippen LogP contribution in [0.15, 0.2) is 18.2 Å². The number of hydrogen-bond acceptors (Lipinski definition) is 5. The number of aldehydes is 1. The van der Waals surface area contributed by atoms with Gasteiger partial charge in [-0.05, 0) is 18.2 Å². The summed E-state index contributed by atoms with van der Waals surface area (Å²) in [4.78, 5) is 10.6. The molecule has 0 fully saturated rings. The lowest BCUT2D eigenvalue weighted by atomic mass is 9.96. The van der Waals surface area contributed by atoms with E-state index in [1.54, 1.807) is 18.2 Å². The molecule has 0 radical (unpaired) electrons. The molecule has 2 atom stereocenters. The molecule has 1 aromatic rings. The first-order valence-corrected chi connectivity index (χ1v) is 5.36. The van der Waals surface area contributed by atoms with Gasteiger partial charge in [-0.2, -0.15) is 0 Å². The highest BCUT2D eigenvalue weighted by Crippen LogP contribution is 2.39. The van der Waals surface area contributed by atoms with Gasteiger partial charge in [-0.15, -0.1) is 0 Å². The predicted molar refractivity (Wildman–Crippen MR) is 58.9 cm³/mol. The first kappa shape index (κ1) is 12.0. The number of aliphatic hydroxyl groups excluding tert-OH is 3. The monoisotopic (exact) mass is 238 g/mol. The number of carbonyl (C=O) groups excluding carboxylic acids is 1. The van der Waals surface area contributed by atoms with Crippen LogP contribution < -0.4 is 4.74 Å². The molecule has 0 aromatic heterocycles. The van der Waals surface area contributed by atoms with E-state index in [1.165, 1.54) is 0 Å². The number of carbonyl (C=O) groups is 1. The van der Waals surface area contributed by atoms with E-state index in [-0.39, 0.29) is 13.2 Å². The van der Waals surface area contributed by atoms with Gasteiger partial charge in [-0.1, -0.05) is 0 Å². The first-order chi connectivity index (χ1) is 8.21. The molecule has 2 rings (SSSR count). The summed E-state index contributed by atoms with van der Waals surface area (Å²) in [7, 11) is 0. The number of fused-ring (bicyclic) bond motifs is 1. The zero-order chi connectivity index (χ0) is 12.4. The van der Waals surface area contributed by atoms with Gasteiger partial charge in [0.15, 0.2) is 0 Å². The maximum Gasteiger partial charge on any atom is 0.150 e. The summed E-state index contributed by atoms with van der Waals surface area (Å²) in [6.07, 6.45) is -0.924. The minimum Gasteiger partial charge on any atom is -0.486 e. The van der Waals surface area contributed by atoms with Crippen LogP contribution in [0.5, 0.6) is 5.75 Å². The number of benzene rings is 1. The summed E-state index contributed by atoms with van der Waals surface area (Å²) in [5, 5.41) is 28.2. The molecule has 3 N–H and O–H groups in total. The van der Waals surface area contributed by atoms with E-state index in [0.29, 0.717) is 23.2 Å². The van der Waals surface area contributed by atoms with E-state index in [1.807, 2.05) is 0 Å². The summed E-state index contributed by atoms with van der Waals surface area (Å²) in [6, 6.07) is 4.75. The van der Waals surface area contributed by atoms with Crippen LogP contribution in [0.4, 0.5) is 0 Å². The van der Waals surface area contributed by atoms with Crippen LogP contribution in [0.2, 0.25) is 0 Å². The van der Waals surface area contributed by atoms with Crippen LogP contribution in [-0.2, 0) is 0 Å². The molecule has 1 aromatic carbocycles. The van der Waals surface area contributed by atoms with Crippen molar-refractivity contribution < 1.29 is 24.9 Å². The zero-order valence-electron chi connectivity index (χ0n) is 9.11. The smallest absolute Gasteiger partial charge is 0.150 e. The molecule has 17 heavy (non-hydrogen) atoms. The Bertz CT molecular complexity index is 413. The van der Waals surface area contributed by atoms with Gasteiger partial charge in [-0.25, -0.2) is 0 Å². The maximum absolute atomic E-state index is 10.6. The Hall–Kier alpha value is -1.43. The average Bonchev–Trinajstić information content (AvgIpc) is 2.68. The highest BCUT2D eigenvalue weighted by molar-refractivity contribution is 5.76. The normalized spacial score (nSPS) is 22.4. The van der Waals surface area contributed by atoms with Crippen LogP contribution in [0, 0.1) is 5.92 Å². The van der Waals surface area contributed by atoms with Crippen LogP contribution in [0.1, 0.15) is 22.0 Å². The lowest BCUT2D eigenvalue weighted by Gasteiger charge is -2.21. The van der Waals surface area contributed by atoms with Gasteiger partial charge < -0.3 is 20.1 Å². The van der Waals surface area contributed by atoms with E-state index in [2.05, 4.69) is 0 Å².